The van der Waals surface area contributed by atoms with Crippen LogP contribution in [0.3, 0.4) is 0 Å². The fraction of sp³-hybridized carbons (Fsp3) is 0.259. The van der Waals surface area contributed by atoms with Crippen molar-refractivity contribution in [3.8, 4) is 22.4 Å². The maximum Gasteiger partial charge on any atom is 0.339 e. The molecule has 1 aliphatic heterocycles. The second-order valence-corrected chi connectivity index (χ2v) is 8.90. The zero-order chi connectivity index (χ0) is 23.8. The number of nitrogens with one attached hydrogen (secondary N) is 1. The zero-order valence-electron chi connectivity index (χ0n) is 19.8. The summed E-state index contributed by atoms with van der Waals surface area (Å²) in [5.74, 6) is -0.414. The highest BCUT2D eigenvalue weighted by molar-refractivity contribution is 6.05. The molecule has 1 aliphatic rings. The fourth-order valence-corrected chi connectivity index (χ4v) is 4.52. The van der Waals surface area contributed by atoms with Crippen molar-refractivity contribution in [2.24, 2.45) is 0 Å². The summed E-state index contributed by atoms with van der Waals surface area (Å²) in [6, 6.07) is 16.5. The Morgan fingerprint density at radius 3 is 2.41 bits per heavy atom. The van der Waals surface area contributed by atoms with Gasteiger partial charge in [-0.05, 0) is 54.9 Å². The number of aromatic nitrogens is 2. The predicted octanol–water partition coefficient (Wildman–Crippen LogP) is 4.33. The predicted molar refractivity (Wildman–Crippen MR) is 137 cm³/mol. The summed E-state index contributed by atoms with van der Waals surface area (Å²) in [6.45, 7) is 6.17. The Labute approximate surface area is 199 Å². The van der Waals surface area contributed by atoms with E-state index in [0.717, 1.165) is 65.2 Å². The Balaban J connectivity index is 1.62. The standard InChI is InChI=1S/C27H29N5O2/c1-17-4-5-19(15-23(17)28)24-22-14-20(27(33)34-3)16-29-26(22)30-25(24)18-6-8-21(9-7-18)32-12-10-31(2)11-13-32/h4-9,14-16H,10-13,28H2,1-3H3,(H,29,30). The van der Waals surface area contributed by atoms with Gasteiger partial charge in [0.25, 0.3) is 0 Å². The lowest BCUT2D eigenvalue weighted by molar-refractivity contribution is 0.0600. The van der Waals surface area contributed by atoms with Crippen molar-refractivity contribution >= 4 is 28.4 Å². The molecule has 0 atom stereocenters. The van der Waals surface area contributed by atoms with Gasteiger partial charge < -0.3 is 25.3 Å². The number of nitrogens with zero attached hydrogens (tertiary/aromatic N) is 3. The van der Waals surface area contributed by atoms with Crippen LogP contribution in [-0.4, -0.2) is 61.2 Å². The highest BCUT2D eigenvalue weighted by atomic mass is 16.5. The minimum Gasteiger partial charge on any atom is -0.465 e. The van der Waals surface area contributed by atoms with Gasteiger partial charge in [0.2, 0.25) is 0 Å². The maximum atomic E-state index is 12.2. The van der Waals surface area contributed by atoms with Crippen LogP contribution in [0.2, 0.25) is 0 Å². The number of nitrogens with two attached hydrogens (primary N) is 1. The number of pyridine rings is 1. The van der Waals surface area contributed by atoms with E-state index in [-0.39, 0.29) is 0 Å². The zero-order valence-corrected chi connectivity index (χ0v) is 19.8. The normalized spacial score (nSPS) is 14.5. The molecule has 174 valence electrons. The Kier molecular flexibility index (Phi) is 5.71. The first-order chi connectivity index (χ1) is 16.4. The number of carbonyl (C=O) groups excluding carboxylic acids is 1. The lowest BCUT2D eigenvalue weighted by Crippen LogP contribution is -2.44. The maximum absolute atomic E-state index is 12.2. The number of rotatable bonds is 4. The molecule has 0 spiro atoms. The van der Waals surface area contributed by atoms with Crippen molar-refractivity contribution in [2.45, 2.75) is 6.92 Å². The SMILES string of the molecule is COC(=O)c1cnc2[nH]c(-c3ccc(N4CCN(C)CC4)cc3)c(-c3ccc(C)c(N)c3)c2c1. The van der Waals surface area contributed by atoms with E-state index in [1.54, 1.807) is 0 Å². The number of hydrogen-bond acceptors (Lipinski definition) is 6. The number of ether oxygens (including phenoxy) is 1. The second kappa shape index (κ2) is 8.83. The van der Waals surface area contributed by atoms with Gasteiger partial charge in [0.1, 0.15) is 5.65 Å². The van der Waals surface area contributed by atoms with Crippen LogP contribution in [-0.2, 0) is 4.74 Å². The van der Waals surface area contributed by atoms with E-state index in [2.05, 4.69) is 57.1 Å². The molecule has 1 saturated heterocycles. The molecular formula is C27H29N5O2. The average molecular weight is 456 g/mol. The van der Waals surface area contributed by atoms with Crippen molar-refractivity contribution < 1.29 is 9.53 Å². The first-order valence-corrected chi connectivity index (χ1v) is 11.4. The van der Waals surface area contributed by atoms with Gasteiger partial charge in [-0.3, -0.25) is 0 Å². The molecule has 0 radical (unpaired) electrons. The number of carbonyl (C=O) groups is 1. The molecule has 1 fully saturated rings. The number of aryl methyl sites for hydroxylation is 1. The number of anilines is 2. The smallest absolute Gasteiger partial charge is 0.339 e. The van der Waals surface area contributed by atoms with E-state index in [1.807, 2.05) is 25.1 Å². The van der Waals surface area contributed by atoms with E-state index >= 15 is 0 Å². The third-order valence-corrected chi connectivity index (χ3v) is 6.66. The largest absolute Gasteiger partial charge is 0.465 e. The Morgan fingerprint density at radius 2 is 1.74 bits per heavy atom. The first-order valence-electron chi connectivity index (χ1n) is 11.4. The van der Waals surface area contributed by atoms with Crippen LogP contribution in [0, 0.1) is 6.92 Å². The summed E-state index contributed by atoms with van der Waals surface area (Å²) in [4.78, 5) is 25.0. The van der Waals surface area contributed by atoms with Gasteiger partial charge in [-0.15, -0.1) is 0 Å². The van der Waals surface area contributed by atoms with Gasteiger partial charge in [-0.1, -0.05) is 24.3 Å². The number of H-pyrrole nitrogens is 1. The quantitative estimate of drug-likeness (QED) is 0.352. The van der Waals surface area contributed by atoms with Crippen molar-refractivity contribution in [3.63, 3.8) is 0 Å². The van der Waals surface area contributed by atoms with E-state index in [4.69, 9.17) is 10.5 Å². The highest BCUT2D eigenvalue weighted by Gasteiger charge is 2.20. The van der Waals surface area contributed by atoms with Crippen molar-refractivity contribution in [1.82, 2.24) is 14.9 Å². The lowest BCUT2D eigenvalue weighted by atomic mass is 9.96. The number of nitrogen functional groups attached to an aromatic ring is 1. The molecule has 7 nitrogen and oxygen atoms in total. The lowest BCUT2D eigenvalue weighted by Gasteiger charge is -2.34. The third-order valence-electron chi connectivity index (χ3n) is 6.66. The van der Waals surface area contributed by atoms with Crippen LogP contribution in [0.1, 0.15) is 15.9 Å². The van der Waals surface area contributed by atoms with Gasteiger partial charge in [0, 0.05) is 54.7 Å². The minimum atomic E-state index is -0.414. The van der Waals surface area contributed by atoms with Crippen LogP contribution >= 0.6 is 0 Å². The molecule has 5 rings (SSSR count). The van der Waals surface area contributed by atoms with E-state index in [9.17, 15) is 4.79 Å². The molecule has 0 aliphatic carbocycles. The second-order valence-electron chi connectivity index (χ2n) is 8.90. The summed E-state index contributed by atoms with van der Waals surface area (Å²) < 4.78 is 4.92. The summed E-state index contributed by atoms with van der Waals surface area (Å²) in [7, 11) is 3.54. The molecule has 0 bridgehead atoms. The fourth-order valence-electron chi connectivity index (χ4n) is 4.52. The Bertz CT molecular complexity index is 1350. The molecule has 7 heteroatoms. The van der Waals surface area contributed by atoms with Crippen molar-refractivity contribution in [2.75, 3.05) is 51.0 Å². The summed E-state index contributed by atoms with van der Waals surface area (Å²) in [5, 5.41) is 0.851. The van der Waals surface area contributed by atoms with E-state index in [1.165, 1.54) is 19.0 Å². The van der Waals surface area contributed by atoms with E-state index in [0.29, 0.717) is 11.2 Å². The molecule has 2 aromatic heterocycles. The van der Waals surface area contributed by atoms with Crippen LogP contribution in [0.4, 0.5) is 11.4 Å². The number of likely N-dealkylation sites (N-methyl/N-ethyl adjacent to an activating group) is 1. The van der Waals surface area contributed by atoms with Gasteiger partial charge in [-0.25, -0.2) is 9.78 Å². The highest BCUT2D eigenvalue weighted by Crippen LogP contribution is 2.39. The van der Waals surface area contributed by atoms with Crippen LogP contribution < -0.4 is 10.6 Å². The number of hydrogen-bond donors (Lipinski definition) is 2. The Hall–Kier alpha value is -3.84. The molecule has 4 aromatic rings. The van der Waals surface area contributed by atoms with Gasteiger partial charge >= 0.3 is 5.97 Å². The van der Waals surface area contributed by atoms with Crippen LogP contribution in [0.25, 0.3) is 33.4 Å². The van der Waals surface area contributed by atoms with Crippen LogP contribution in [0.15, 0.2) is 54.7 Å². The van der Waals surface area contributed by atoms with Crippen molar-refractivity contribution in [3.05, 3.63) is 65.9 Å². The molecule has 0 amide bonds. The van der Waals surface area contributed by atoms with E-state index < -0.39 is 5.97 Å². The van der Waals surface area contributed by atoms with Crippen molar-refractivity contribution in [1.29, 1.82) is 0 Å². The number of esters is 1. The number of fused-ring (bicyclic) bond motifs is 1. The number of benzene rings is 2. The van der Waals surface area contributed by atoms with Gasteiger partial charge in [0.05, 0.1) is 18.4 Å². The monoisotopic (exact) mass is 455 g/mol. The summed E-state index contributed by atoms with van der Waals surface area (Å²) in [5.41, 5.74) is 14.3. The Morgan fingerprint density at radius 1 is 1.03 bits per heavy atom. The minimum absolute atomic E-state index is 0.410. The molecule has 0 unspecified atom stereocenters. The third kappa shape index (κ3) is 3.99. The topological polar surface area (TPSA) is 87.5 Å². The summed E-state index contributed by atoms with van der Waals surface area (Å²) >= 11 is 0. The van der Waals surface area contributed by atoms with Gasteiger partial charge in [-0.2, -0.15) is 0 Å². The number of piperazine rings is 1. The first kappa shape index (κ1) is 22.0. The number of methoxy groups -OCH3 is 1. The molecule has 3 N–H and O–H groups in total. The summed E-state index contributed by atoms with van der Waals surface area (Å²) in [6.07, 6.45) is 1.54. The molecule has 0 saturated carbocycles. The molecule has 3 heterocycles. The van der Waals surface area contributed by atoms with Gasteiger partial charge in [0.15, 0.2) is 0 Å². The average Bonchev–Trinajstić information content (AvgIpc) is 3.24. The van der Waals surface area contributed by atoms with Crippen LogP contribution in [0.5, 0.6) is 0 Å². The molecule has 34 heavy (non-hydrogen) atoms. The number of aromatic amines is 1. The molecule has 2 aromatic carbocycles. The molecular weight excluding hydrogens is 426 g/mol.